The highest BCUT2D eigenvalue weighted by molar-refractivity contribution is 5.83. The van der Waals surface area contributed by atoms with Gasteiger partial charge in [-0.3, -0.25) is 9.72 Å². The van der Waals surface area contributed by atoms with Gasteiger partial charge in [0.25, 0.3) is 0 Å². The van der Waals surface area contributed by atoms with Gasteiger partial charge >= 0.3 is 6.09 Å². The molecule has 0 saturated carbocycles. The summed E-state index contributed by atoms with van der Waals surface area (Å²) in [5, 5.41) is 13.7. The van der Waals surface area contributed by atoms with Crippen molar-refractivity contribution in [3.63, 3.8) is 0 Å². The van der Waals surface area contributed by atoms with Gasteiger partial charge in [0.1, 0.15) is 5.82 Å². The minimum absolute atomic E-state index is 0.237. The van der Waals surface area contributed by atoms with Gasteiger partial charge in [-0.15, -0.1) is 10.2 Å². The van der Waals surface area contributed by atoms with Crippen LogP contribution in [0.1, 0.15) is 19.4 Å². The summed E-state index contributed by atoms with van der Waals surface area (Å²) in [7, 11) is 0. The number of fused-ring (bicyclic) bond motifs is 1. The summed E-state index contributed by atoms with van der Waals surface area (Å²) in [6, 6.07) is 6.34. The van der Waals surface area contributed by atoms with Gasteiger partial charge in [0, 0.05) is 18.9 Å². The lowest BCUT2D eigenvalue weighted by Crippen LogP contribution is -2.19. The van der Waals surface area contributed by atoms with Crippen LogP contribution in [-0.4, -0.2) is 38.3 Å². The van der Waals surface area contributed by atoms with Gasteiger partial charge < -0.3 is 10.1 Å². The molecule has 8 nitrogen and oxygen atoms in total. The zero-order chi connectivity index (χ0) is 18.5. The highest BCUT2D eigenvalue weighted by Crippen LogP contribution is 2.15. The van der Waals surface area contributed by atoms with E-state index in [1.807, 2.05) is 0 Å². The summed E-state index contributed by atoms with van der Waals surface area (Å²) < 4.78 is 19.6. The predicted octanol–water partition coefficient (Wildman–Crippen LogP) is 2.87. The minimum atomic E-state index is -0.600. The summed E-state index contributed by atoms with van der Waals surface area (Å²) in [6.45, 7) is 4.10. The zero-order valence-electron chi connectivity index (χ0n) is 14.4. The van der Waals surface area contributed by atoms with E-state index in [0.717, 1.165) is 5.56 Å². The summed E-state index contributed by atoms with van der Waals surface area (Å²) in [6.07, 6.45) is 3.08. The molecular weight excluding hydrogens is 339 g/mol. The lowest BCUT2D eigenvalue weighted by molar-refractivity contribution is 0.129. The maximum atomic E-state index is 12.9. The first-order valence-corrected chi connectivity index (χ1v) is 8.18. The van der Waals surface area contributed by atoms with Crippen molar-refractivity contribution in [3.05, 3.63) is 48.0 Å². The van der Waals surface area contributed by atoms with Gasteiger partial charge in [-0.05, 0) is 38.0 Å². The number of benzene rings is 1. The number of halogens is 1. The molecular formula is C17H19FN6O2. The lowest BCUT2D eigenvalue weighted by atomic mass is 10.1. The Morgan fingerprint density at radius 1 is 1.27 bits per heavy atom. The van der Waals surface area contributed by atoms with Gasteiger partial charge in [0.05, 0.1) is 6.10 Å². The van der Waals surface area contributed by atoms with Crippen LogP contribution in [0.2, 0.25) is 0 Å². The third kappa shape index (κ3) is 4.24. The van der Waals surface area contributed by atoms with Gasteiger partial charge in [0.2, 0.25) is 11.6 Å². The second-order valence-electron chi connectivity index (χ2n) is 5.88. The lowest BCUT2D eigenvalue weighted by Gasteiger charge is -2.09. The van der Waals surface area contributed by atoms with Crippen LogP contribution in [0.3, 0.4) is 0 Å². The number of nitrogens with one attached hydrogen (secondary N) is 2. The number of nitrogens with zero attached hydrogens (tertiary/aromatic N) is 4. The fourth-order valence-corrected chi connectivity index (χ4v) is 2.35. The van der Waals surface area contributed by atoms with E-state index in [9.17, 15) is 9.18 Å². The Balaban J connectivity index is 1.67. The second kappa shape index (κ2) is 7.77. The van der Waals surface area contributed by atoms with Crippen molar-refractivity contribution in [2.24, 2.45) is 0 Å². The third-order valence-corrected chi connectivity index (χ3v) is 3.50. The molecule has 3 rings (SSSR count). The summed E-state index contributed by atoms with van der Waals surface area (Å²) in [5.41, 5.74) is 1.48. The smallest absolute Gasteiger partial charge is 0.414 e. The van der Waals surface area contributed by atoms with Crippen LogP contribution < -0.4 is 10.6 Å². The van der Waals surface area contributed by atoms with E-state index < -0.39 is 6.09 Å². The summed E-state index contributed by atoms with van der Waals surface area (Å²) in [4.78, 5) is 16.0. The van der Waals surface area contributed by atoms with E-state index >= 15 is 0 Å². The topological polar surface area (TPSA) is 93.4 Å². The van der Waals surface area contributed by atoms with Crippen LogP contribution >= 0.6 is 0 Å². The zero-order valence-corrected chi connectivity index (χ0v) is 14.4. The molecule has 0 spiro atoms. The average molecular weight is 358 g/mol. The van der Waals surface area contributed by atoms with E-state index in [4.69, 9.17) is 4.74 Å². The highest BCUT2D eigenvalue weighted by Gasteiger charge is 2.14. The number of ether oxygens (including phenoxy) is 1. The molecule has 0 aliphatic rings. The van der Waals surface area contributed by atoms with E-state index in [1.165, 1.54) is 12.1 Å². The van der Waals surface area contributed by atoms with Crippen LogP contribution in [0, 0.1) is 5.82 Å². The molecule has 1 aromatic carbocycles. The fraction of sp³-hybridized carbons (Fsp3) is 0.294. The summed E-state index contributed by atoms with van der Waals surface area (Å²) in [5.74, 6) is 0.523. The van der Waals surface area contributed by atoms with E-state index in [1.54, 1.807) is 42.8 Å². The number of hydrogen-bond donors (Lipinski definition) is 2. The predicted molar refractivity (Wildman–Crippen MR) is 94.6 cm³/mol. The molecule has 136 valence electrons. The molecule has 0 aliphatic carbocycles. The molecule has 2 N–H and O–H groups in total. The van der Waals surface area contributed by atoms with Crippen LogP contribution in [0.25, 0.3) is 5.65 Å². The Morgan fingerprint density at radius 3 is 2.77 bits per heavy atom. The maximum absolute atomic E-state index is 12.9. The van der Waals surface area contributed by atoms with Gasteiger partial charge in [-0.1, -0.05) is 12.1 Å². The summed E-state index contributed by atoms with van der Waals surface area (Å²) >= 11 is 0. The molecule has 1 amide bonds. The number of aromatic nitrogens is 4. The fourth-order valence-electron chi connectivity index (χ4n) is 2.35. The van der Waals surface area contributed by atoms with E-state index in [2.05, 4.69) is 25.8 Å². The van der Waals surface area contributed by atoms with Crippen LogP contribution in [0.4, 0.5) is 21.0 Å². The molecule has 3 aromatic rings. The Hall–Kier alpha value is -3.23. The Bertz CT molecular complexity index is 894. The molecule has 0 aliphatic heterocycles. The molecule has 0 atom stereocenters. The Labute approximate surface area is 149 Å². The number of carbonyl (C=O) groups is 1. The van der Waals surface area contributed by atoms with Gasteiger partial charge in [-0.25, -0.2) is 14.2 Å². The number of hydrogen-bond acceptors (Lipinski definition) is 6. The number of anilines is 2. The Kier molecular flexibility index (Phi) is 5.26. The third-order valence-electron chi connectivity index (χ3n) is 3.50. The monoisotopic (exact) mass is 358 g/mol. The van der Waals surface area contributed by atoms with Crippen molar-refractivity contribution >= 4 is 23.5 Å². The Morgan fingerprint density at radius 2 is 2.04 bits per heavy atom. The van der Waals surface area contributed by atoms with Crippen molar-refractivity contribution < 1.29 is 13.9 Å². The normalized spacial score (nSPS) is 10.9. The van der Waals surface area contributed by atoms with E-state index in [-0.39, 0.29) is 17.9 Å². The molecule has 26 heavy (non-hydrogen) atoms. The maximum Gasteiger partial charge on any atom is 0.414 e. The molecule has 0 saturated heterocycles. The second-order valence-corrected chi connectivity index (χ2v) is 5.88. The largest absolute Gasteiger partial charge is 0.447 e. The SMILES string of the molecule is CC(C)OC(=O)Nc1nnc2c(NCCc3ccc(F)cc3)nccn12. The highest BCUT2D eigenvalue weighted by atomic mass is 19.1. The van der Waals surface area contributed by atoms with Gasteiger partial charge in [0.15, 0.2) is 5.82 Å². The van der Waals surface area contributed by atoms with Crippen molar-refractivity contribution in [1.82, 2.24) is 19.6 Å². The number of amides is 1. The molecule has 0 unspecified atom stereocenters. The van der Waals surface area contributed by atoms with Crippen molar-refractivity contribution in [3.8, 4) is 0 Å². The first-order valence-electron chi connectivity index (χ1n) is 8.18. The molecule has 9 heteroatoms. The van der Waals surface area contributed by atoms with Crippen molar-refractivity contribution in [2.45, 2.75) is 26.4 Å². The molecule has 0 fully saturated rings. The van der Waals surface area contributed by atoms with Crippen LogP contribution in [0.5, 0.6) is 0 Å². The number of carbonyl (C=O) groups excluding carboxylic acids is 1. The molecule has 0 bridgehead atoms. The van der Waals surface area contributed by atoms with Crippen molar-refractivity contribution in [2.75, 3.05) is 17.2 Å². The molecule has 0 radical (unpaired) electrons. The molecule has 2 heterocycles. The molecule has 2 aromatic heterocycles. The quantitative estimate of drug-likeness (QED) is 0.704. The first-order chi connectivity index (χ1) is 12.5. The van der Waals surface area contributed by atoms with Crippen LogP contribution in [0.15, 0.2) is 36.7 Å². The average Bonchev–Trinajstić information content (AvgIpc) is 3.00. The first kappa shape index (κ1) is 17.6. The van der Waals surface area contributed by atoms with Gasteiger partial charge in [-0.2, -0.15) is 0 Å². The standard InChI is InChI=1S/C17H19FN6O2/c1-11(2)26-17(25)21-16-23-22-15-14(20-9-10-24(15)16)19-8-7-12-3-5-13(18)6-4-12/h3-6,9-11H,7-8H2,1-2H3,(H,19,20)(H,21,23,25). The van der Waals surface area contributed by atoms with Crippen LogP contribution in [-0.2, 0) is 11.2 Å². The number of rotatable bonds is 6. The van der Waals surface area contributed by atoms with E-state index in [0.29, 0.717) is 24.4 Å². The minimum Gasteiger partial charge on any atom is -0.447 e. The van der Waals surface area contributed by atoms with Crippen molar-refractivity contribution in [1.29, 1.82) is 0 Å².